The van der Waals surface area contributed by atoms with E-state index in [1.165, 1.54) is 0 Å². The number of hydrogen-bond acceptors (Lipinski definition) is 3. The Hall–Kier alpha value is -1.35. The van der Waals surface area contributed by atoms with Crippen molar-refractivity contribution in [2.75, 3.05) is 0 Å². The predicted molar refractivity (Wildman–Crippen MR) is 68.6 cm³/mol. The molecule has 0 spiro atoms. The van der Waals surface area contributed by atoms with Crippen LogP contribution in [0.3, 0.4) is 0 Å². The first-order valence-corrected chi connectivity index (χ1v) is 5.84. The molecular weight excluding hydrogens is 214 g/mol. The first kappa shape index (κ1) is 13.7. The largest absolute Gasteiger partial charge is 0.460 e. The summed E-state index contributed by atoms with van der Waals surface area (Å²) in [5.74, 6) is -0.203. The number of benzene rings is 1. The maximum Gasteiger partial charge on any atom is 0.310 e. The third kappa shape index (κ3) is 5.00. The number of carbonyl (C=O) groups is 1. The molecule has 1 atom stereocenters. The standard InChI is InChI=1S/C14H21NO2/c1-10(15)12-7-5-11(6-8-12)9-13(16)17-14(2,3)4/h5-8,10H,9,15H2,1-4H3. The van der Waals surface area contributed by atoms with Crippen molar-refractivity contribution in [3.8, 4) is 0 Å². The van der Waals surface area contributed by atoms with Gasteiger partial charge in [-0.1, -0.05) is 24.3 Å². The number of esters is 1. The van der Waals surface area contributed by atoms with Crippen LogP contribution >= 0.6 is 0 Å². The van der Waals surface area contributed by atoms with Crippen LogP contribution in [0.1, 0.15) is 44.9 Å². The van der Waals surface area contributed by atoms with Crippen LogP contribution in [-0.4, -0.2) is 11.6 Å². The van der Waals surface area contributed by atoms with Gasteiger partial charge in [-0.25, -0.2) is 0 Å². The third-order valence-electron chi connectivity index (χ3n) is 2.27. The summed E-state index contributed by atoms with van der Waals surface area (Å²) in [6.45, 7) is 7.53. The fraction of sp³-hybridized carbons (Fsp3) is 0.500. The molecule has 0 radical (unpaired) electrons. The van der Waals surface area contributed by atoms with Crippen molar-refractivity contribution < 1.29 is 9.53 Å². The molecule has 1 rings (SSSR count). The molecule has 0 saturated carbocycles. The Kier molecular flexibility index (Phi) is 4.29. The summed E-state index contributed by atoms with van der Waals surface area (Å²) < 4.78 is 5.26. The summed E-state index contributed by atoms with van der Waals surface area (Å²) in [5, 5.41) is 0. The van der Waals surface area contributed by atoms with E-state index in [1.807, 2.05) is 52.0 Å². The average Bonchev–Trinajstić information content (AvgIpc) is 2.15. The van der Waals surface area contributed by atoms with Gasteiger partial charge in [0.05, 0.1) is 6.42 Å². The number of nitrogens with two attached hydrogens (primary N) is 1. The smallest absolute Gasteiger partial charge is 0.310 e. The molecule has 0 aliphatic carbocycles. The first-order valence-electron chi connectivity index (χ1n) is 5.84. The maximum atomic E-state index is 11.6. The van der Waals surface area contributed by atoms with Crippen LogP contribution in [0.4, 0.5) is 0 Å². The van der Waals surface area contributed by atoms with Crippen molar-refractivity contribution in [1.29, 1.82) is 0 Å². The lowest BCUT2D eigenvalue weighted by molar-refractivity contribution is -0.153. The van der Waals surface area contributed by atoms with E-state index >= 15 is 0 Å². The Bertz CT molecular complexity index is 374. The first-order chi connectivity index (χ1) is 7.78. The fourth-order valence-electron chi connectivity index (χ4n) is 1.48. The van der Waals surface area contributed by atoms with Gasteiger partial charge in [0.2, 0.25) is 0 Å². The summed E-state index contributed by atoms with van der Waals surface area (Å²) >= 11 is 0. The molecule has 0 aliphatic rings. The minimum absolute atomic E-state index is 0.0191. The quantitative estimate of drug-likeness (QED) is 0.819. The van der Waals surface area contributed by atoms with Gasteiger partial charge >= 0.3 is 5.97 Å². The molecule has 94 valence electrons. The molecule has 2 N–H and O–H groups in total. The van der Waals surface area contributed by atoms with Crippen molar-refractivity contribution in [2.45, 2.75) is 45.8 Å². The Morgan fingerprint density at radius 1 is 1.29 bits per heavy atom. The molecule has 0 aromatic heterocycles. The highest BCUT2D eigenvalue weighted by Crippen LogP contribution is 2.13. The second kappa shape index (κ2) is 5.32. The molecule has 0 saturated heterocycles. The molecule has 3 heteroatoms. The normalized spacial score (nSPS) is 13.2. The highest BCUT2D eigenvalue weighted by atomic mass is 16.6. The van der Waals surface area contributed by atoms with Gasteiger partial charge in [0, 0.05) is 6.04 Å². The maximum absolute atomic E-state index is 11.6. The van der Waals surface area contributed by atoms with Gasteiger partial charge in [0.1, 0.15) is 5.60 Å². The molecular formula is C14H21NO2. The monoisotopic (exact) mass is 235 g/mol. The lowest BCUT2D eigenvalue weighted by Gasteiger charge is -2.19. The van der Waals surface area contributed by atoms with Crippen LogP contribution in [0.25, 0.3) is 0 Å². The third-order valence-corrected chi connectivity index (χ3v) is 2.27. The molecule has 1 aromatic carbocycles. The van der Waals surface area contributed by atoms with Crippen molar-refractivity contribution in [3.05, 3.63) is 35.4 Å². The number of rotatable bonds is 3. The average molecular weight is 235 g/mol. The van der Waals surface area contributed by atoms with Crippen LogP contribution in [-0.2, 0) is 16.0 Å². The van der Waals surface area contributed by atoms with Gasteiger partial charge in [0.25, 0.3) is 0 Å². The Morgan fingerprint density at radius 3 is 2.24 bits per heavy atom. The lowest BCUT2D eigenvalue weighted by Crippen LogP contribution is -2.24. The van der Waals surface area contributed by atoms with E-state index in [9.17, 15) is 4.79 Å². The summed E-state index contributed by atoms with van der Waals surface area (Å²) in [5.41, 5.74) is 7.34. The zero-order chi connectivity index (χ0) is 13.1. The number of hydrogen-bond donors (Lipinski definition) is 1. The topological polar surface area (TPSA) is 52.3 Å². The predicted octanol–water partition coefficient (Wildman–Crippen LogP) is 2.59. The Balaban J connectivity index is 2.61. The van der Waals surface area contributed by atoms with E-state index in [4.69, 9.17) is 10.5 Å². The van der Waals surface area contributed by atoms with E-state index in [-0.39, 0.29) is 12.0 Å². The minimum Gasteiger partial charge on any atom is -0.460 e. The summed E-state index contributed by atoms with van der Waals surface area (Å²) in [6, 6.07) is 7.76. The van der Waals surface area contributed by atoms with E-state index in [2.05, 4.69) is 0 Å². The minimum atomic E-state index is -0.428. The van der Waals surface area contributed by atoms with Crippen LogP contribution in [0, 0.1) is 0 Å². The Morgan fingerprint density at radius 2 is 1.82 bits per heavy atom. The van der Waals surface area contributed by atoms with Crippen LogP contribution < -0.4 is 5.73 Å². The Labute approximate surface area is 103 Å². The van der Waals surface area contributed by atoms with E-state index in [0.717, 1.165) is 11.1 Å². The van der Waals surface area contributed by atoms with Crippen molar-refractivity contribution in [2.24, 2.45) is 5.73 Å². The molecule has 0 fully saturated rings. The number of ether oxygens (including phenoxy) is 1. The van der Waals surface area contributed by atoms with Gasteiger partial charge in [-0.2, -0.15) is 0 Å². The van der Waals surface area contributed by atoms with Crippen LogP contribution in [0.5, 0.6) is 0 Å². The summed E-state index contributed by atoms with van der Waals surface area (Å²) in [4.78, 5) is 11.6. The van der Waals surface area contributed by atoms with E-state index in [0.29, 0.717) is 6.42 Å². The van der Waals surface area contributed by atoms with Crippen LogP contribution in [0.15, 0.2) is 24.3 Å². The van der Waals surface area contributed by atoms with Crippen molar-refractivity contribution in [3.63, 3.8) is 0 Å². The van der Waals surface area contributed by atoms with Gasteiger partial charge in [-0.15, -0.1) is 0 Å². The lowest BCUT2D eigenvalue weighted by atomic mass is 10.1. The van der Waals surface area contributed by atoms with Gasteiger partial charge in [-0.3, -0.25) is 4.79 Å². The SMILES string of the molecule is CC(N)c1ccc(CC(=O)OC(C)(C)C)cc1. The van der Waals surface area contributed by atoms with Crippen molar-refractivity contribution >= 4 is 5.97 Å². The zero-order valence-corrected chi connectivity index (χ0v) is 11.0. The molecule has 3 nitrogen and oxygen atoms in total. The molecule has 17 heavy (non-hydrogen) atoms. The van der Waals surface area contributed by atoms with Crippen molar-refractivity contribution in [1.82, 2.24) is 0 Å². The molecule has 0 heterocycles. The molecule has 0 bridgehead atoms. The van der Waals surface area contributed by atoms with Gasteiger partial charge in [-0.05, 0) is 38.8 Å². The van der Waals surface area contributed by atoms with E-state index < -0.39 is 5.60 Å². The van der Waals surface area contributed by atoms with E-state index in [1.54, 1.807) is 0 Å². The number of carbonyl (C=O) groups excluding carboxylic acids is 1. The summed E-state index contributed by atoms with van der Waals surface area (Å²) in [6.07, 6.45) is 0.302. The van der Waals surface area contributed by atoms with Crippen LogP contribution in [0.2, 0.25) is 0 Å². The zero-order valence-electron chi connectivity index (χ0n) is 11.0. The fourth-order valence-corrected chi connectivity index (χ4v) is 1.48. The highest BCUT2D eigenvalue weighted by molar-refractivity contribution is 5.73. The second-order valence-corrected chi connectivity index (χ2v) is 5.29. The second-order valence-electron chi connectivity index (χ2n) is 5.29. The summed E-state index contributed by atoms with van der Waals surface area (Å²) in [7, 11) is 0. The van der Waals surface area contributed by atoms with Gasteiger partial charge in [0.15, 0.2) is 0 Å². The van der Waals surface area contributed by atoms with Gasteiger partial charge < -0.3 is 10.5 Å². The molecule has 1 aromatic rings. The molecule has 0 amide bonds. The molecule has 0 aliphatic heterocycles. The molecule has 1 unspecified atom stereocenters. The highest BCUT2D eigenvalue weighted by Gasteiger charge is 2.16.